The number of nitrogens with zero attached hydrogens (tertiary/aromatic N) is 1. The third-order valence-electron chi connectivity index (χ3n) is 1.66. The van der Waals surface area contributed by atoms with Crippen molar-refractivity contribution >= 4 is 5.69 Å². The van der Waals surface area contributed by atoms with Crippen LogP contribution in [-0.4, -0.2) is 11.0 Å². The molecular formula is C10H16N2. The Morgan fingerprint density at radius 1 is 1.42 bits per heavy atom. The van der Waals surface area contributed by atoms with Crippen LogP contribution in [0.5, 0.6) is 0 Å². The highest BCUT2D eigenvalue weighted by Crippen LogP contribution is 2.09. The van der Waals surface area contributed by atoms with Crippen LogP contribution in [0.4, 0.5) is 5.69 Å². The largest absolute Gasteiger partial charge is 0.382 e. The minimum Gasteiger partial charge on any atom is -0.382 e. The molecule has 66 valence electrons. The molecule has 0 saturated heterocycles. The molecule has 0 spiro atoms. The number of hydrogen-bond acceptors (Lipinski definition) is 2. The summed E-state index contributed by atoms with van der Waals surface area (Å²) in [4.78, 5) is 4.15. The molecule has 0 aliphatic rings. The van der Waals surface area contributed by atoms with Crippen LogP contribution in [0.15, 0.2) is 18.5 Å². The Morgan fingerprint density at radius 3 is 2.75 bits per heavy atom. The Kier molecular flexibility index (Phi) is 3.09. The van der Waals surface area contributed by atoms with Crippen molar-refractivity contribution in [3.63, 3.8) is 0 Å². The van der Waals surface area contributed by atoms with Gasteiger partial charge in [0.15, 0.2) is 0 Å². The molecule has 0 radical (unpaired) electrons. The first-order valence-electron chi connectivity index (χ1n) is 4.43. The fourth-order valence-electron chi connectivity index (χ4n) is 1.09. The topological polar surface area (TPSA) is 24.9 Å². The Hall–Kier alpha value is -1.05. The van der Waals surface area contributed by atoms with Gasteiger partial charge in [0.25, 0.3) is 0 Å². The van der Waals surface area contributed by atoms with Gasteiger partial charge in [0.2, 0.25) is 0 Å². The molecule has 0 atom stereocenters. The third kappa shape index (κ3) is 2.53. The summed E-state index contributed by atoms with van der Waals surface area (Å²) in [6.45, 7) is 6.38. The van der Waals surface area contributed by atoms with Crippen LogP contribution < -0.4 is 5.32 Å². The van der Waals surface area contributed by atoms with Crippen molar-refractivity contribution in [3.8, 4) is 0 Å². The van der Waals surface area contributed by atoms with E-state index in [0.29, 0.717) is 6.04 Å². The maximum absolute atomic E-state index is 4.15. The van der Waals surface area contributed by atoms with Crippen LogP contribution in [-0.2, 0) is 6.42 Å². The van der Waals surface area contributed by atoms with Crippen LogP contribution >= 0.6 is 0 Å². The maximum atomic E-state index is 4.15. The van der Waals surface area contributed by atoms with Crippen LogP contribution in [0.3, 0.4) is 0 Å². The molecule has 2 nitrogen and oxygen atoms in total. The highest BCUT2D eigenvalue weighted by molar-refractivity contribution is 5.43. The first-order chi connectivity index (χ1) is 5.72. The first-order valence-corrected chi connectivity index (χ1v) is 4.43. The van der Waals surface area contributed by atoms with Crippen molar-refractivity contribution in [2.75, 3.05) is 5.32 Å². The van der Waals surface area contributed by atoms with Gasteiger partial charge in [0.05, 0.1) is 5.69 Å². The smallest absolute Gasteiger partial charge is 0.0531 e. The maximum Gasteiger partial charge on any atom is 0.0531 e. The molecule has 0 unspecified atom stereocenters. The molecule has 1 aromatic heterocycles. The van der Waals surface area contributed by atoms with Gasteiger partial charge < -0.3 is 5.32 Å². The summed E-state index contributed by atoms with van der Waals surface area (Å²) in [7, 11) is 0. The van der Waals surface area contributed by atoms with E-state index < -0.39 is 0 Å². The lowest BCUT2D eigenvalue weighted by Gasteiger charge is -2.09. The number of aryl methyl sites for hydroxylation is 1. The van der Waals surface area contributed by atoms with Crippen LogP contribution in [0.2, 0.25) is 0 Å². The fourth-order valence-corrected chi connectivity index (χ4v) is 1.09. The quantitative estimate of drug-likeness (QED) is 0.742. The molecule has 0 bridgehead atoms. The molecule has 1 N–H and O–H groups in total. The van der Waals surface area contributed by atoms with Gasteiger partial charge >= 0.3 is 0 Å². The van der Waals surface area contributed by atoms with Gasteiger partial charge in [-0.15, -0.1) is 0 Å². The van der Waals surface area contributed by atoms with Gasteiger partial charge in [0.1, 0.15) is 0 Å². The molecule has 0 saturated carbocycles. The van der Waals surface area contributed by atoms with Crippen LogP contribution in [0, 0.1) is 0 Å². The lowest BCUT2D eigenvalue weighted by Crippen LogP contribution is -2.09. The van der Waals surface area contributed by atoms with Gasteiger partial charge in [-0.1, -0.05) is 6.92 Å². The molecular weight excluding hydrogens is 148 g/mol. The second-order valence-electron chi connectivity index (χ2n) is 3.23. The van der Waals surface area contributed by atoms with E-state index in [9.17, 15) is 0 Å². The highest BCUT2D eigenvalue weighted by Gasteiger charge is 1.96. The van der Waals surface area contributed by atoms with E-state index in [1.807, 2.05) is 12.4 Å². The predicted molar refractivity (Wildman–Crippen MR) is 52.4 cm³/mol. The van der Waals surface area contributed by atoms with Crippen molar-refractivity contribution in [1.29, 1.82) is 0 Å². The minimum absolute atomic E-state index is 0.471. The third-order valence-corrected chi connectivity index (χ3v) is 1.66. The van der Waals surface area contributed by atoms with Crippen LogP contribution in [0.25, 0.3) is 0 Å². The Labute approximate surface area is 74.0 Å². The summed E-state index contributed by atoms with van der Waals surface area (Å²) in [6, 6.07) is 2.62. The summed E-state index contributed by atoms with van der Waals surface area (Å²) < 4.78 is 0. The van der Waals surface area contributed by atoms with Crippen LogP contribution in [0.1, 0.15) is 26.3 Å². The van der Waals surface area contributed by atoms with E-state index in [1.54, 1.807) is 0 Å². The number of rotatable bonds is 3. The normalized spacial score (nSPS) is 10.3. The lowest BCUT2D eigenvalue weighted by molar-refractivity contribution is 0.896. The fraction of sp³-hybridized carbons (Fsp3) is 0.500. The van der Waals surface area contributed by atoms with E-state index >= 15 is 0 Å². The average molecular weight is 164 g/mol. The van der Waals surface area contributed by atoms with Crippen molar-refractivity contribution < 1.29 is 0 Å². The van der Waals surface area contributed by atoms with E-state index in [-0.39, 0.29) is 0 Å². The SMILES string of the molecule is CCc1cncc(NC(C)C)c1. The molecule has 0 aliphatic heterocycles. The first kappa shape index (κ1) is 9.04. The van der Waals surface area contributed by atoms with Crippen molar-refractivity contribution in [1.82, 2.24) is 4.98 Å². The highest BCUT2D eigenvalue weighted by atomic mass is 14.9. The summed E-state index contributed by atoms with van der Waals surface area (Å²) in [5.74, 6) is 0. The van der Waals surface area contributed by atoms with E-state index in [1.165, 1.54) is 5.56 Å². The van der Waals surface area contributed by atoms with Gasteiger partial charge in [-0.3, -0.25) is 4.98 Å². The molecule has 1 rings (SSSR count). The predicted octanol–water partition coefficient (Wildman–Crippen LogP) is 2.46. The number of hydrogen-bond donors (Lipinski definition) is 1. The molecule has 0 aliphatic carbocycles. The summed E-state index contributed by atoms with van der Waals surface area (Å²) >= 11 is 0. The monoisotopic (exact) mass is 164 g/mol. The number of anilines is 1. The molecule has 0 fully saturated rings. The number of aromatic nitrogens is 1. The molecule has 0 aromatic carbocycles. The number of pyridine rings is 1. The van der Waals surface area contributed by atoms with Crippen molar-refractivity contribution in [3.05, 3.63) is 24.0 Å². The summed E-state index contributed by atoms with van der Waals surface area (Å²) in [6.07, 6.45) is 4.81. The van der Waals surface area contributed by atoms with E-state index in [2.05, 4.69) is 37.1 Å². The second kappa shape index (κ2) is 4.10. The zero-order valence-corrected chi connectivity index (χ0v) is 7.96. The Morgan fingerprint density at radius 2 is 2.17 bits per heavy atom. The Balaban J connectivity index is 2.72. The second-order valence-corrected chi connectivity index (χ2v) is 3.23. The molecule has 1 heterocycles. The molecule has 12 heavy (non-hydrogen) atoms. The van der Waals surface area contributed by atoms with E-state index in [0.717, 1.165) is 12.1 Å². The zero-order chi connectivity index (χ0) is 8.97. The molecule has 0 amide bonds. The van der Waals surface area contributed by atoms with Gasteiger partial charge in [-0.05, 0) is 31.9 Å². The zero-order valence-electron chi connectivity index (χ0n) is 7.96. The van der Waals surface area contributed by atoms with Gasteiger partial charge in [-0.25, -0.2) is 0 Å². The molecule has 1 aromatic rings. The lowest BCUT2D eigenvalue weighted by atomic mass is 10.2. The standard InChI is InChI=1S/C10H16N2/c1-4-9-5-10(7-11-6-9)12-8(2)3/h5-8,12H,4H2,1-3H3. The van der Waals surface area contributed by atoms with Gasteiger partial charge in [-0.2, -0.15) is 0 Å². The summed E-state index contributed by atoms with van der Waals surface area (Å²) in [5, 5.41) is 3.32. The summed E-state index contributed by atoms with van der Waals surface area (Å²) in [5.41, 5.74) is 2.39. The van der Waals surface area contributed by atoms with Crippen molar-refractivity contribution in [2.45, 2.75) is 33.2 Å². The average Bonchev–Trinajstić information content (AvgIpc) is 2.03. The molecule has 2 heteroatoms. The van der Waals surface area contributed by atoms with Crippen molar-refractivity contribution in [2.24, 2.45) is 0 Å². The van der Waals surface area contributed by atoms with Gasteiger partial charge in [0, 0.05) is 18.4 Å². The van der Waals surface area contributed by atoms with E-state index in [4.69, 9.17) is 0 Å². The number of nitrogens with one attached hydrogen (secondary N) is 1. The minimum atomic E-state index is 0.471. The Bertz CT molecular complexity index is 243.